The lowest BCUT2D eigenvalue weighted by Gasteiger charge is -2.09. The van der Waals surface area contributed by atoms with Gasteiger partial charge in [-0.05, 0) is 13.3 Å². The molecule has 2 nitrogen and oxygen atoms in total. The number of fused-ring (bicyclic) bond motifs is 1. The average molecular weight is 262 g/mol. The number of nitrogens with zero attached hydrogens (tertiary/aromatic N) is 2. The van der Waals surface area contributed by atoms with Crippen molar-refractivity contribution < 1.29 is 0 Å². The minimum Gasteiger partial charge on any atom is -0.154 e. The summed E-state index contributed by atoms with van der Waals surface area (Å²) in [6, 6.07) is 16.9. The molecule has 0 aliphatic carbocycles. The molecule has 0 aliphatic rings. The van der Waals surface area contributed by atoms with Crippen LogP contribution >= 0.6 is 0 Å². The van der Waals surface area contributed by atoms with Gasteiger partial charge in [-0.1, -0.05) is 67.4 Å². The van der Waals surface area contributed by atoms with Crippen LogP contribution < -0.4 is 0 Å². The first-order valence-electron chi connectivity index (χ1n) is 7.11. The zero-order valence-corrected chi connectivity index (χ0v) is 11.9. The van der Waals surface area contributed by atoms with Gasteiger partial charge in [0.25, 0.3) is 0 Å². The Hall–Kier alpha value is -2.22. The van der Waals surface area contributed by atoms with Gasteiger partial charge in [-0.15, -0.1) is 5.10 Å². The quantitative estimate of drug-likeness (QED) is 0.691. The van der Waals surface area contributed by atoms with E-state index in [1.807, 2.05) is 0 Å². The first kappa shape index (κ1) is 12.8. The number of rotatable bonds is 3. The molecule has 2 aromatic carbocycles. The molecule has 0 saturated heterocycles. The van der Waals surface area contributed by atoms with Crippen LogP contribution in [0.15, 0.2) is 48.5 Å². The number of aromatic nitrogens is 2. The fraction of sp³-hybridized carbons (Fsp3) is 0.222. The number of aryl methyl sites for hydroxylation is 2. The first-order chi connectivity index (χ1) is 9.79. The Kier molecular flexibility index (Phi) is 3.46. The highest BCUT2D eigenvalue weighted by atomic mass is 15.1. The maximum absolute atomic E-state index is 4.48. The van der Waals surface area contributed by atoms with E-state index in [0.717, 1.165) is 29.8 Å². The topological polar surface area (TPSA) is 25.8 Å². The van der Waals surface area contributed by atoms with Crippen molar-refractivity contribution in [2.24, 2.45) is 0 Å². The standard InChI is InChI=1S/C18H18N2/c1-3-6-17-15-7-4-5-8-16(15)18(20-19-17)14-11-9-13(2)10-12-14/h4-5,7-12H,3,6H2,1-2H3. The van der Waals surface area contributed by atoms with Crippen molar-refractivity contribution >= 4 is 10.8 Å². The van der Waals surface area contributed by atoms with E-state index in [1.165, 1.54) is 16.3 Å². The molecule has 0 radical (unpaired) electrons. The van der Waals surface area contributed by atoms with E-state index >= 15 is 0 Å². The Labute approximate surface area is 119 Å². The largest absolute Gasteiger partial charge is 0.154 e. The van der Waals surface area contributed by atoms with Gasteiger partial charge in [0.1, 0.15) is 5.69 Å². The molecule has 0 spiro atoms. The SMILES string of the molecule is CCCc1nnc(-c2ccc(C)cc2)c2ccccc12. The monoisotopic (exact) mass is 262 g/mol. The van der Waals surface area contributed by atoms with E-state index in [0.29, 0.717) is 0 Å². The molecule has 0 amide bonds. The fourth-order valence-corrected chi connectivity index (χ4v) is 2.51. The normalized spacial score (nSPS) is 10.9. The van der Waals surface area contributed by atoms with E-state index in [4.69, 9.17) is 0 Å². The lowest BCUT2D eigenvalue weighted by Crippen LogP contribution is -1.97. The highest BCUT2D eigenvalue weighted by Gasteiger charge is 2.09. The summed E-state index contributed by atoms with van der Waals surface area (Å²) in [7, 11) is 0. The number of hydrogen-bond acceptors (Lipinski definition) is 2. The highest BCUT2D eigenvalue weighted by molar-refractivity contribution is 5.95. The Morgan fingerprint density at radius 3 is 2.25 bits per heavy atom. The van der Waals surface area contributed by atoms with Crippen LogP contribution in [0.3, 0.4) is 0 Å². The van der Waals surface area contributed by atoms with E-state index in [-0.39, 0.29) is 0 Å². The molecule has 0 N–H and O–H groups in total. The molecule has 0 bridgehead atoms. The zero-order chi connectivity index (χ0) is 13.9. The molecular weight excluding hydrogens is 244 g/mol. The molecule has 3 aromatic rings. The van der Waals surface area contributed by atoms with Gasteiger partial charge in [-0.2, -0.15) is 5.10 Å². The summed E-state index contributed by atoms with van der Waals surface area (Å²) < 4.78 is 0. The van der Waals surface area contributed by atoms with Gasteiger partial charge in [0.2, 0.25) is 0 Å². The predicted octanol–water partition coefficient (Wildman–Crippen LogP) is 4.56. The maximum atomic E-state index is 4.48. The predicted molar refractivity (Wildman–Crippen MR) is 83.7 cm³/mol. The zero-order valence-electron chi connectivity index (χ0n) is 11.9. The molecule has 1 heterocycles. The van der Waals surface area contributed by atoms with Crippen LogP contribution in [-0.4, -0.2) is 10.2 Å². The summed E-state index contributed by atoms with van der Waals surface area (Å²) >= 11 is 0. The molecule has 1 aromatic heterocycles. The summed E-state index contributed by atoms with van der Waals surface area (Å²) in [5.41, 5.74) is 4.45. The van der Waals surface area contributed by atoms with Crippen molar-refractivity contribution in [3.05, 3.63) is 59.8 Å². The molecule has 2 heteroatoms. The summed E-state index contributed by atoms with van der Waals surface area (Å²) in [6.07, 6.45) is 2.06. The molecule has 0 unspecified atom stereocenters. The third kappa shape index (κ3) is 2.29. The van der Waals surface area contributed by atoms with Crippen LogP contribution in [-0.2, 0) is 6.42 Å². The fourth-order valence-electron chi connectivity index (χ4n) is 2.51. The third-order valence-electron chi connectivity index (χ3n) is 3.58. The van der Waals surface area contributed by atoms with Crippen molar-refractivity contribution in [3.8, 4) is 11.3 Å². The molecule has 0 fully saturated rings. The van der Waals surface area contributed by atoms with Gasteiger partial charge in [0.15, 0.2) is 0 Å². The van der Waals surface area contributed by atoms with Gasteiger partial charge in [0.05, 0.1) is 5.69 Å². The van der Waals surface area contributed by atoms with Gasteiger partial charge < -0.3 is 0 Å². The van der Waals surface area contributed by atoms with Gasteiger partial charge in [0, 0.05) is 16.3 Å². The van der Waals surface area contributed by atoms with Crippen LogP contribution in [0, 0.1) is 6.92 Å². The Morgan fingerprint density at radius 1 is 0.850 bits per heavy atom. The lowest BCUT2D eigenvalue weighted by molar-refractivity contribution is 0.854. The molecule has 0 atom stereocenters. The summed E-state index contributed by atoms with van der Waals surface area (Å²) in [5, 5.41) is 11.3. The molecule has 0 aliphatic heterocycles. The van der Waals surface area contributed by atoms with E-state index in [2.05, 4.69) is 72.6 Å². The van der Waals surface area contributed by atoms with E-state index in [9.17, 15) is 0 Å². The second-order valence-corrected chi connectivity index (χ2v) is 5.16. The van der Waals surface area contributed by atoms with Gasteiger partial charge >= 0.3 is 0 Å². The second-order valence-electron chi connectivity index (χ2n) is 5.16. The van der Waals surface area contributed by atoms with Crippen LogP contribution in [0.25, 0.3) is 22.0 Å². The Balaban J connectivity index is 2.22. The van der Waals surface area contributed by atoms with Crippen LogP contribution in [0.4, 0.5) is 0 Å². The Morgan fingerprint density at radius 2 is 1.55 bits per heavy atom. The number of benzene rings is 2. The van der Waals surface area contributed by atoms with Crippen LogP contribution in [0.2, 0.25) is 0 Å². The first-order valence-corrected chi connectivity index (χ1v) is 7.11. The average Bonchev–Trinajstić information content (AvgIpc) is 2.49. The maximum Gasteiger partial charge on any atom is 0.101 e. The summed E-state index contributed by atoms with van der Waals surface area (Å²) in [5.74, 6) is 0. The number of hydrogen-bond donors (Lipinski definition) is 0. The lowest BCUT2D eigenvalue weighted by atomic mass is 10.0. The smallest absolute Gasteiger partial charge is 0.101 e. The molecule has 3 rings (SSSR count). The molecule has 0 saturated carbocycles. The minimum absolute atomic E-state index is 0.973. The molecule has 100 valence electrons. The van der Waals surface area contributed by atoms with Crippen molar-refractivity contribution in [3.63, 3.8) is 0 Å². The summed E-state index contributed by atoms with van der Waals surface area (Å²) in [6.45, 7) is 4.27. The summed E-state index contributed by atoms with van der Waals surface area (Å²) in [4.78, 5) is 0. The highest BCUT2D eigenvalue weighted by Crippen LogP contribution is 2.28. The van der Waals surface area contributed by atoms with Crippen LogP contribution in [0.5, 0.6) is 0 Å². The van der Waals surface area contributed by atoms with Crippen LogP contribution in [0.1, 0.15) is 24.6 Å². The third-order valence-corrected chi connectivity index (χ3v) is 3.58. The Bertz CT molecular complexity index is 730. The minimum atomic E-state index is 0.973. The second kappa shape index (κ2) is 5.41. The van der Waals surface area contributed by atoms with Crippen molar-refractivity contribution in [2.45, 2.75) is 26.7 Å². The van der Waals surface area contributed by atoms with Gasteiger partial charge in [-0.3, -0.25) is 0 Å². The van der Waals surface area contributed by atoms with Crippen molar-refractivity contribution in [1.29, 1.82) is 0 Å². The van der Waals surface area contributed by atoms with Crippen molar-refractivity contribution in [2.75, 3.05) is 0 Å². The molecule has 20 heavy (non-hydrogen) atoms. The van der Waals surface area contributed by atoms with Crippen molar-refractivity contribution in [1.82, 2.24) is 10.2 Å². The molecular formula is C18H18N2. The van der Waals surface area contributed by atoms with Gasteiger partial charge in [-0.25, -0.2) is 0 Å². The van der Waals surface area contributed by atoms with E-state index in [1.54, 1.807) is 0 Å². The van der Waals surface area contributed by atoms with E-state index < -0.39 is 0 Å².